The number of hydrogen-bond donors (Lipinski definition) is 3. The van der Waals surface area contributed by atoms with Gasteiger partial charge in [0.15, 0.2) is 11.5 Å². The maximum atomic E-state index is 14.3. The quantitative estimate of drug-likeness (QED) is 0.328. The smallest absolute Gasteiger partial charge is 0.408 e. The highest BCUT2D eigenvalue weighted by molar-refractivity contribution is 5.96. The number of nitrogens with one attached hydrogen (secondary N) is 2. The van der Waals surface area contributed by atoms with Gasteiger partial charge in [-0.2, -0.15) is 0 Å². The summed E-state index contributed by atoms with van der Waals surface area (Å²) in [6.07, 6.45) is 7.52. The van der Waals surface area contributed by atoms with Crippen LogP contribution in [0, 0.1) is 5.92 Å². The van der Waals surface area contributed by atoms with Crippen LogP contribution in [0.15, 0.2) is 59.2 Å². The van der Waals surface area contributed by atoms with Gasteiger partial charge in [0.05, 0.1) is 23.8 Å². The minimum atomic E-state index is -1.45. The second-order valence-electron chi connectivity index (χ2n) is 13.7. The number of fused-ring (bicyclic) bond motifs is 3. The molecule has 0 spiro atoms. The van der Waals surface area contributed by atoms with Crippen LogP contribution in [0.4, 0.5) is 4.79 Å². The molecule has 2 aliphatic heterocycles. The summed E-state index contributed by atoms with van der Waals surface area (Å²) in [5.41, 5.74) is -0.658. The van der Waals surface area contributed by atoms with Crippen molar-refractivity contribution in [3.05, 3.63) is 54.8 Å². The first kappa shape index (κ1) is 33.0. The van der Waals surface area contributed by atoms with Crippen LogP contribution in [-0.4, -0.2) is 79.7 Å². The molecule has 1 aliphatic carbocycles. The Labute approximate surface area is 278 Å². The first-order valence-corrected chi connectivity index (χ1v) is 16.4. The fraction of sp³-hybridized carbons (Fsp3) is 0.486. The summed E-state index contributed by atoms with van der Waals surface area (Å²) in [6, 6.07) is 8.72. The molecule has 3 amide bonds. The summed E-state index contributed by atoms with van der Waals surface area (Å²) in [4.78, 5) is 64.4. The van der Waals surface area contributed by atoms with Gasteiger partial charge in [-0.1, -0.05) is 37.1 Å². The lowest BCUT2D eigenvalue weighted by molar-refractivity contribution is -0.145. The predicted octanol–water partition coefficient (Wildman–Crippen LogP) is 4.61. The van der Waals surface area contributed by atoms with Gasteiger partial charge in [-0.05, 0) is 70.7 Å². The fourth-order valence-corrected chi connectivity index (χ4v) is 6.39. The van der Waals surface area contributed by atoms with Crippen molar-refractivity contribution < 1.29 is 38.2 Å². The molecule has 48 heavy (non-hydrogen) atoms. The number of aliphatic carboxylic acids is 1. The number of aromatic nitrogens is 2. The molecule has 3 aromatic rings. The Morgan fingerprint density at radius 1 is 1.08 bits per heavy atom. The zero-order chi connectivity index (χ0) is 34.1. The number of ether oxygens (including phenoxy) is 2. The molecule has 1 saturated heterocycles. The van der Waals surface area contributed by atoms with Crippen molar-refractivity contribution in [3.8, 4) is 17.3 Å². The van der Waals surface area contributed by atoms with Gasteiger partial charge < -0.3 is 34.5 Å². The highest BCUT2D eigenvalue weighted by Gasteiger charge is 2.61. The Morgan fingerprint density at radius 3 is 2.56 bits per heavy atom. The highest BCUT2D eigenvalue weighted by atomic mass is 16.6. The number of carboxylic acids is 1. The van der Waals surface area contributed by atoms with Crippen molar-refractivity contribution in [1.82, 2.24) is 25.5 Å². The number of furan rings is 1. The third-order valence-electron chi connectivity index (χ3n) is 8.88. The van der Waals surface area contributed by atoms with Crippen LogP contribution in [-0.2, 0) is 19.1 Å². The van der Waals surface area contributed by atoms with Crippen molar-refractivity contribution in [1.29, 1.82) is 0 Å². The summed E-state index contributed by atoms with van der Waals surface area (Å²) in [5, 5.41) is 15.6. The first-order valence-electron chi connectivity index (χ1n) is 16.4. The Balaban J connectivity index is 1.32. The second-order valence-corrected chi connectivity index (χ2v) is 13.7. The second kappa shape index (κ2) is 13.3. The molecule has 0 radical (unpaired) electrons. The zero-order valence-electron chi connectivity index (χ0n) is 27.3. The molecule has 0 bridgehead atoms. The number of alkyl carbamates (subject to hydrolysis) is 1. The monoisotopic (exact) mass is 659 g/mol. The van der Waals surface area contributed by atoms with Gasteiger partial charge in [-0.3, -0.25) is 9.59 Å². The number of carbonyl (C=O) groups is 4. The van der Waals surface area contributed by atoms with Crippen LogP contribution in [0.2, 0.25) is 0 Å². The Bertz CT molecular complexity index is 1720. The highest BCUT2D eigenvalue weighted by Crippen LogP contribution is 2.45. The van der Waals surface area contributed by atoms with E-state index >= 15 is 0 Å². The van der Waals surface area contributed by atoms with Crippen molar-refractivity contribution in [3.63, 3.8) is 0 Å². The van der Waals surface area contributed by atoms with E-state index in [9.17, 15) is 24.3 Å². The third-order valence-corrected chi connectivity index (χ3v) is 8.88. The molecule has 6 rings (SSSR count). The van der Waals surface area contributed by atoms with E-state index in [4.69, 9.17) is 23.9 Å². The van der Waals surface area contributed by atoms with Gasteiger partial charge in [-0.15, -0.1) is 0 Å². The van der Waals surface area contributed by atoms with Gasteiger partial charge >= 0.3 is 12.1 Å². The molecule has 4 heterocycles. The predicted molar refractivity (Wildman–Crippen MR) is 174 cm³/mol. The van der Waals surface area contributed by atoms with E-state index in [0.29, 0.717) is 35.3 Å². The van der Waals surface area contributed by atoms with E-state index in [1.807, 2.05) is 30.4 Å². The zero-order valence-corrected chi connectivity index (χ0v) is 27.3. The van der Waals surface area contributed by atoms with Crippen LogP contribution in [0.3, 0.4) is 0 Å². The number of allylic oxidation sites excluding steroid dienone is 1. The fourth-order valence-electron chi connectivity index (χ4n) is 6.39. The summed E-state index contributed by atoms with van der Waals surface area (Å²) in [7, 11) is 0. The lowest BCUT2D eigenvalue weighted by Gasteiger charge is -2.30. The van der Waals surface area contributed by atoms with Gasteiger partial charge in [0.25, 0.3) is 0 Å². The molecule has 1 aromatic carbocycles. The summed E-state index contributed by atoms with van der Waals surface area (Å²) in [6.45, 7) is 5.19. The Hall–Kier alpha value is -4.94. The third kappa shape index (κ3) is 7.14. The summed E-state index contributed by atoms with van der Waals surface area (Å²) in [5.74, 6) is -1.96. The lowest BCUT2D eigenvalue weighted by Crippen LogP contribution is -2.56. The molecule has 2 fully saturated rings. The molecule has 5 atom stereocenters. The Morgan fingerprint density at radius 2 is 1.85 bits per heavy atom. The van der Waals surface area contributed by atoms with Crippen LogP contribution in [0.5, 0.6) is 5.88 Å². The number of carboxylic acid groups (broad SMARTS) is 1. The number of para-hydroxylation sites is 2. The number of rotatable bonds is 5. The van der Waals surface area contributed by atoms with Crippen molar-refractivity contribution >= 4 is 34.9 Å². The lowest BCUT2D eigenvalue weighted by atomic mass is 10.0. The minimum absolute atomic E-state index is 0.0150. The average Bonchev–Trinajstić information content (AvgIpc) is 3.34. The van der Waals surface area contributed by atoms with Gasteiger partial charge in [0, 0.05) is 12.3 Å². The van der Waals surface area contributed by atoms with E-state index in [2.05, 4.69) is 10.6 Å². The first-order chi connectivity index (χ1) is 22.9. The van der Waals surface area contributed by atoms with Crippen LogP contribution in [0.25, 0.3) is 22.5 Å². The molecule has 3 unspecified atom stereocenters. The molecule has 1 saturated carbocycles. The molecule has 13 nitrogen and oxygen atoms in total. The number of nitrogens with zero attached hydrogens (tertiary/aromatic N) is 3. The maximum absolute atomic E-state index is 14.3. The van der Waals surface area contributed by atoms with Crippen molar-refractivity contribution in [2.75, 3.05) is 6.54 Å². The van der Waals surface area contributed by atoms with Gasteiger partial charge in [0.1, 0.15) is 29.3 Å². The number of benzene rings is 1. The molecular formula is C35H41N5O8. The Kier molecular flexibility index (Phi) is 9.13. The number of amides is 3. The summed E-state index contributed by atoms with van der Waals surface area (Å²) >= 11 is 0. The summed E-state index contributed by atoms with van der Waals surface area (Å²) < 4.78 is 17.5. The average molecular weight is 660 g/mol. The van der Waals surface area contributed by atoms with E-state index in [1.165, 1.54) is 11.2 Å². The topological polar surface area (TPSA) is 173 Å². The van der Waals surface area contributed by atoms with Crippen LogP contribution >= 0.6 is 0 Å². The molecular weight excluding hydrogens is 618 g/mol. The standard InChI is InChI=1S/C35H41N5O8/c1-34(2,3)48-33(45)38-25-15-8-6-4-5-7-12-21-19-35(21,32(43)44)39-29(41)26-18-22(20-40(26)31(25)42)47-30-28(27-16-11-17-46-27)36-23-13-9-10-14-24(23)37-30/h7,9-14,16-17,21-22,25-26H,4-6,8,15,18-20H2,1-3H3,(H,38,45)(H,39,41)(H,43,44)/b12-7-/t21?,22-,25+,26?,35?/m1/s1. The number of carbonyl (C=O) groups excluding carboxylic acids is 3. The normalized spacial score (nSPS) is 27.1. The van der Waals surface area contributed by atoms with Crippen molar-refractivity contribution in [2.24, 2.45) is 5.92 Å². The van der Waals surface area contributed by atoms with Crippen LogP contribution in [0.1, 0.15) is 65.7 Å². The molecule has 3 aliphatic rings. The SMILES string of the molecule is CC(C)(C)OC(=O)N[C@H]1CCCCC/C=C\C2CC2(C(=O)O)NC(=O)C2C[C@@H](Oc3nc4ccccc4nc3-c3ccco3)CN2C1=O. The van der Waals surface area contributed by atoms with E-state index < -0.39 is 53.2 Å². The van der Waals surface area contributed by atoms with E-state index in [-0.39, 0.29) is 31.2 Å². The maximum Gasteiger partial charge on any atom is 0.408 e. The number of hydrogen-bond acceptors (Lipinski definition) is 9. The minimum Gasteiger partial charge on any atom is -0.479 e. The van der Waals surface area contributed by atoms with E-state index in [0.717, 1.165) is 19.3 Å². The van der Waals surface area contributed by atoms with E-state index in [1.54, 1.807) is 39.0 Å². The van der Waals surface area contributed by atoms with Crippen molar-refractivity contribution in [2.45, 2.75) is 95.0 Å². The van der Waals surface area contributed by atoms with Crippen LogP contribution < -0.4 is 15.4 Å². The molecule has 13 heteroatoms. The molecule has 2 aromatic heterocycles. The molecule has 254 valence electrons. The van der Waals surface area contributed by atoms with Gasteiger partial charge in [0.2, 0.25) is 17.7 Å². The largest absolute Gasteiger partial charge is 0.479 e. The van der Waals surface area contributed by atoms with Gasteiger partial charge in [-0.25, -0.2) is 19.6 Å². The molecule has 3 N–H and O–H groups in total.